The van der Waals surface area contributed by atoms with Gasteiger partial charge in [-0.3, -0.25) is 0 Å². The highest BCUT2D eigenvalue weighted by molar-refractivity contribution is 5.82. The van der Waals surface area contributed by atoms with Gasteiger partial charge in [0.2, 0.25) is 0 Å². The van der Waals surface area contributed by atoms with E-state index in [0.717, 1.165) is 6.42 Å². The summed E-state index contributed by atoms with van der Waals surface area (Å²) in [5.41, 5.74) is -0.422. The second-order valence-corrected chi connectivity index (χ2v) is 4.63. The van der Waals surface area contributed by atoms with Crippen LogP contribution >= 0.6 is 0 Å². The van der Waals surface area contributed by atoms with Crippen molar-refractivity contribution in [2.24, 2.45) is 0 Å². The van der Waals surface area contributed by atoms with Gasteiger partial charge in [0, 0.05) is 26.7 Å². The van der Waals surface area contributed by atoms with E-state index in [-0.39, 0.29) is 13.0 Å². The predicted octanol–water partition coefficient (Wildman–Crippen LogP) is -0.0457. The predicted molar refractivity (Wildman–Crippen MR) is 63.4 cm³/mol. The van der Waals surface area contributed by atoms with Crippen molar-refractivity contribution in [2.75, 3.05) is 26.9 Å². The molecule has 2 unspecified atom stereocenters. The minimum Gasteiger partial charge on any atom is -0.480 e. The Hall–Kier alpha value is -1.34. The molecule has 0 aromatic rings. The SMILES string of the molecule is COCCC(NC(=O)NC1(C)CCOC1)C(=O)O. The first kappa shape index (κ1) is 14.7. The van der Waals surface area contributed by atoms with Crippen LogP contribution in [-0.2, 0) is 14.3 Å². The Labute approximate surface area is 106 Å². The fourth-order valence-corrected chi connectivity index (χ4v) is 1.73. The Morgan fingerprint density at radius 1 is 1.56 bits per heavy atom. The first-order valence-electron chi connectivity index (χ1n) is 5.85. The van der Waals surface area contributed by atoms with Crippen LogP contribution in [0.4, 0.5) is 4.79 Å². The summed E-state index contributed by atoms with van der Waals surface area (Å²) in [5, 5.41) is 14.1. The van der Waals surface area contributed by atoms with Gasteiger partial charge in [-0.25, -0.2) is 9.59 Å². The number of methoxy groups -OCH3 is 1. The molecule has 18 heavy (non-hydrogen) atoms. The molecule has 0 radical (unpaired) electrons. The van der Waals surface area contributed by atoms with Gasteiger partial charge in [0.25, 0.3) is 0 Å². The Morgan fingerprint density at radius 2 is 2.28 bits per heavy atom. The van der Waals surface area contributed by atoms with Crippen molar-refractivity contribution in [3.05, 3.63) is 0 Å². The molecule has 0 saturated carbocycles. The molecule has 0 spiro atoms. The third kappa shape index (κ3) is 4.50. The van der Waals surface area contributed by atoms with Crippen LogP contribution in [0.25, 0.3) is 0 Å². The molecule has 7 nitrogen and oxygen atoms in total. The van der Waals surface area contributed by atoms with Crippen molar-refractivity contribution in [1.29, 1.82) is 0 Å². The monoisotopic (exact) mass is 260 g/mol. The normalized spacial score (nSPS) is 24.6. The minimum absolute atomic E-state index is 0.229. The number of ether oxygens (including phenoxy) is 2. The number of carboxylic acids is 1. The molecule has 1 aliphatic heterocycles. The van der Waals surface area contributed by atoms with E-state index in [2.05, 4.69) is 10.6 Å². The van der Waals surface area contributed by atoms with Crippen LogP contribution in [0.15, 0.2) is 0 Å². The minimum atomic E-state index is -1.07. The smallest absolute Gasteiger partial charge is 0.326 e. The standard InChI is InChI=1S/C11H20N2O5/c1-11(4-6-18-7-11)13-10(16)12-8(9(14)15)3-5-17-2/h8H,3-7H2,1-2H3,(H,14,15)(H2,12,13,16). The van der Waals surface area contributed by atoms with Gasteiger partial charge in [-0.2, -0.15) is 0 Å². The molecule has 0 aliphatic carbocycles. The van der Waals surface area contributed by atoms with E-state index in [9.17, 15) is 9.59 Å². The number of hydrogen-bond donors (Lipinski definition) is 3. The average Bonchev–Trinajstić information content (AvgIpc) is 2.70. The van der Waals surface area contributed by atoms with Crippen molar-refractivity contribution in [3.63, 3.8) is 0 Å². The summed E-state index contributed by atoms with van der Waals surface area (Å²) >= 11 is 0. The summed E-state index contributed by atoms with van der Waals surface area (Å²) in [5.74, 6) is -1.07. The molecular formula is C11H20N2O5. The molecule has 0 bridgehead atoms. The van der Waals surface area contributed by atoms with Gasteiger partial charge in [0.05, 0.1) is 12.1 Å². The van der Waals surface area contributed by atoms with E-state index in [1.165, 1.54) is 7.11 Å². The van der Waals surface area contributed by atoms with Crippen molar-refractivity contribution in [3.8, 4) is 0 Å². The van der Waals surface area contributed by atoms with Gasteiger partial charge in [-0.1, -0.05) is 0 Å². The molecule has 104 valence electrons. The molecule has 3 N–H and O–H groups in total. The zero-order chi connectivity index (χ0) is 13.6. The highest BCUT2D eigenvalue weighted by atomic mass is 16.5. The zero-order valence-electron chi connectivity index (χ0n) is 10.7. The van der Waals surface area contributed by atoms with Gasteiger partial charge in [-0.05, 0) is 13.3 Å². The van der Waals surface area contributed by atoms with Gasteiger partial charge in [0.15, 0.2) is 0 Å². The van der Waals surface area contributed by atoms with Crippen LogP contribution in [0.5, 0.6) is 0 Å². The quantitative estimate of drug-likeness (QED) is 0.622. The number of hydrogen-bond acceptors (Lipinski definition) is 4. The maximum Gasteiger partial charge on any atom is 0.326 e. The fraction of sp³-hybridized carbons (Fsp3) is 0.818. The summed E-state index contributed by atoms with van der Waals surface area (Å²) in [4.78, 5) is 22.6. The number of carboxylic acid groups (broad SMARTS) is 1. The lowest BCUT2D eigenvalue weighted by Gasteiger charge is -2.25. The van der Waals surface area contributed by atoms with E-state index >= 15 is 0 Å². The highest BCUT2D eigenvalue weighted by Crippen LogP contribution is 2.17. The molecule has 2 atom stereocenters. The number of aliphatic carboxylic acids is 1. The Bertz CT molecular complexity index is 302. The summed E-state index contributed by atoms with van der Waals surface area (Å²) in [6.07, 6.45) is 0.947. The maximum atomic E-state index is 11.7. The molecule has 2 amide bonds. The number of carbonyl (C=O) groups excluding carboxylic acids is 1. The average molecular weight is 260 g/mol. The van der Waals surface area contributed by atoms with E-state index in [4.69, 9.17) is 14.6 Å². The van der Waals surface area contributed by atoms with Crippen LogP contribution in [0.1, 0.15) is 19.8 Å². The van der Waals surface area contributed by atoms with Gasteiger partial charge in [-0.15, -0.1) is 0 Å². The van der Waals surface area contributed by atoms with E-state index < -0.39 is 23.6 Å². The second-order valence-electron chi connectivity index (χ2n) is 4.63. The number of nitrogens with one attached hydrogen (secondary N) is 2. The van der Waals surface area contributed by atoms with Gasteiger partial charge < -0.3 is 25.2 Å². The third-order valence-corrected chi connectivity index (χ3v) is 2.85. The van der Waals surface area contributed by atoms with E-state index in [0.29, 0.717) is 13.2 Å². The third-order valence-electron chi connectivity index (χ3n) is 2.85. The van der Waals surface area contributed by atoms with Gasteiger partial charge in [0.1, 0.15) is 6.04 Å². The number of rotatable bonds is 6. The molecule has 1 fully saturated rings. The van der Waals surface area contributed by atoms with Crippen LogP contribution in [0.2, 0.25) is 0 Å². The Balaban J connectivity index is 2.43. The van der Waals surface area contributed by atoms with Crippen molar-refractivity contribution >= 4 is 12.0 Å². The number of urea groups is 1. The lowest BCUT2D eigenvalue weighted by Crippen LogP contribution is -2.54. The van der Waals surface area contributed by atoms with Crippen molar-refractivity contribution in [2.45, 2.75) is 31.3 Å². The fourth-order valence-electron chi connectivity index (χ4n) is 1.73. The Kier molecular flexibility index (Phi) is 5.36. The van der Waals surface area contributed by atoms with Crippen LogP contribution in [-0.4, -0.2) is 55.6 Å². The highest BCUT2D eigenvalue weighted by Gasteiger charge is 2.32. The zero-order valence-corrected chi connectivity index (χ0v) is 10.7. The van der Waals surface area contributed by atoms with E-state index in [1.54, 1.807) is 0 Å². The molecule has 1 aliphatic rings. The molecular weight excluding hydrogens is 240 g/mol. The molecule has 1 saturated heterocycles. The summed E-state index contributed by atoms with van der Waals surface area (Å²) in [6.45, 7) is 3.18. The molecule has 1 heterocycles. The molecule has 0 aromatic heterocycles. The first-order chi connectivity index (χ1) is 8.47. The molecule has 1 rings (SSSR count). The number of carbonyl (C=O) groups is 2. The van der Waals surface area contributed by atoms with Crippen molar-refractivity contribution in [1.82, 2.24) is 10.6 Å². The lowest BCUT2D eigenvalue weighted by molar-refractivity contribution is -0.139. The van der Waals surface area contributed by atoms with Gasteiger partial charge >= 0.3 is 12.0 Å². The van der Waals surface area contributed by atoms with Crippen LogP contribution < -0.4 is 10.6 Å². The van der Waals surface area contributed by atoms with Crippen LogP contribution in [0.3, 0.4) is 0 Å². The maximum absolute atomic E-state index is 11.7. The Morgan fingerprint density at radius 3 is 2.78 bits per heavy atom. The summed E-state index contributed by atoms with van der Waals surface area (Å²) < 4.78 is 10.0. The topological polar surface area (TPSA) is 96.9 Å². The van der Waals surface area contributed by atoms with Crippen molar-refractivity contribution < 1.29 is 24.2 Å². The summed E-state index contributed by atoms with van der Waals surface area (Å²) in [7, 11) is 1.48. The summed E-state index contributed by atoms with van der Waals surface area (Å²) in [6, 6.07) is -1.44. The van der Waals surface area contributed by atoms with E-state index in [1.807, 2.05) is 6.92 Å². The second kappa shape index (κ2) is 6.55. The van der Waals surface area contributed by atoms with Crippen LogP contribution in [0, 0.1) is 0 Å². The molecule has 0 aromatic carbocycles. The lowest BCUT2D eigenvalue weighted by atomic mass is 10.0. The number of amides is 2. The largest absolute Gasteiger partial charge is 0.480 e. The first-order valence-corrected chi connectivity index (χ1v) is 5.85. The molecule has 7 heteroatoms.